The van der Waals surface area contributed by atoms with Crippen LogP contribution in [0, 0.1) is 0 Å². The standard InChI is InChI=1S/C23H23ClN2O3S/c24-20-10-12-21(13-11-20)30(28,29)26(22-7-3-4-14-25-23(22)27)16-17-8-9-18-5-1-2-6-19(18)15-17/h1-2,5-6,8-13,15,22H,3-4,7,14,16H2,(H,25,27). The van der Waals surface area contributed by atoms with Crippen LogP contribution in [0.3, 0.4) is 0 Å². The van der Waals surface area contributed by atoms with Crippen molar-refractivity contribution >= 4 is 38.3 Å². The molecule has 0 bridgehead atoms. The van der Waals surface area contributed by atoms with Gasteiger partial charge in [-0.2, -0.15) is 4.31 Å². The molecule has 1 aliphatic rings. The maximum absolute atomic E-state index is 13.6. The van der Waals surface area contributed by atoms with Crippen molar-refractivity contribution in [3.8, 4) is 0 Å². The summed E-state index contributed by atoms with van der Waals surface area (Å²) in [6, 6.07) is 19.1. The molecule has 3 aromatic rings. The lowest BCUT2D eigenvalue weighted by molar-refractivity contribution is -0.124. The van der Waals surface area contributed by atoms with Crippen molar-refractivity contribution < 1.29 is 13.2 Å². The Balaban J connectivity index is 1.75. The Labute approximate surface area is 181 Å². The fourth-order valence-electron chi connectivity index (χ4n) is 3.82. The molecule has 0 spiro atoms. The lowest BCUT2D eigenvalue weighted by Crippen LogP contribution is -2.48. The van der Waals surface area contributed by atoms with Crippen molar-refractivity contribution in [3.05, 3.63) is 77.3 Å². The van der Waals surface area contributed by atoms with Gasteiger partial charge in [-0.15, -0.1) is 0 Å². The number of carbonyl (C=O) groups excluding carboxylic acids is 1. The molecular weight excluding hydrogens is 420 g/mol. The second-order valence-electron chi connectivity index (χ2n) is 7.49. The Hall–Kier alpha value is -2.41. The van der Waals surface area contributed by atoms with Gasteiger partial charge in [-0.3, -0.25) is 4.79 Å². The van der Waals surface area contributed by atoms with Crippen LogP contribution in [0.4, 0.5) is 0 Å². The lowest BCUT2D eigenvalue weighted by atomic mass is 10.1. The highest BCUT2D eigenvalue weighted by atomic mass is 35.5. The Morgan fingerprint density at radius 1 is 0.967 bits per heavy atom. The molecule has 3 aromatic carbocycles. The summed E-state index contributed by atoms with van der Waals surface area (Å²) >= 11 is 5.95. The molecule has 0 aromatic heterocycles. The van der Waals surface area contributed by atoms with E-state index < -0.39 is 16.1 Å². The molecular formula is C23H23ClN2O3S. The molecule has 1 saturated heterocycles. The number of fused-ring (bicyclic) bond motifs is 1. The maximum atomic E-state index is 13.6. The minimum absolute atomic E-state index is 0.119. The Kier molecular flexibility index (Phi) is 6.09. The topological polar surface area (TPSA) is 66.5 Å². The monoisotopic (exact) mass is 442 g/mol. The van der Waals surface area contributed by atoms with E-state index >= 15 is 0 Å². The van der Waals surface area contributed by atoms with Gasteiger partial charge < -0.3 is 5.32 Å². The van der Waals surface area contributed by atoms with Gasteiger partial charge in [0.1, 0.15) is 6.04 Å². The van der Waals surface area contributed by atoms with Gasteiger partial charge >= 0.3 is 0 Å². The second-order valence-corrected chi connectivity index (χ2v) is 9.82. The zero-order valence-electron chi connectivity index (χ0n) is 16.4. The van der Waals surface area contributed by atoms with Gasteiger partial charge in [0.05, 0.1) is 4.90 Å². The summed E-state index contributed by atoms with van der Waals surface area (Å²) in [5.74, 6) is -0.245. The SMILES string of the molecule is O=C1NCCCCC1N(Cc1ccc2ccccc2c1)S(=O)(=O)c1ccc(Cl)cc1. The molecule has 156 valence electrons. The molecule has 4 rings (SSSR count). The number of benzene rings is 3. The quantitative estimate of drug-likeness (QED) is 0.638. The highest BCUT2D eigenvalue weighted by Gasteiger charge is 2.36. The molecule has 0 radical (unpaired) electrons. The van der Waals surface area contributed by atoms with Crippen LogP contribution in [0.5, 0.6) is 0 Å². The normalized spacial score (nSPS) is 17.7. The van der Waals surface area contributed by atoms with Crippen LogP contribution < -0.4 is 5.32 Å². The number of nitrogens with zero attached hydrogens (tertiary/aromatic N) is 1. The molecule has 30 heavy (non-hydrogen) atoms. The van der Waals surface area contributed by atoms with Crippen LogP contribution in [0.2, 0.25) is 5.02 Å². The molecule has 0 aliphatic carbocycles. The van der Waals surface area contributed by atoms with E-state index in [1.165, 1.54) is 16.4 Å². The van der Waals surface area contributed by atoms with Crippen LogP contribution in [0.15, 0.2) is 71.6 Å². The molecule has 1 fully saturated rings. The third-order valence-electron chi connectivity index (χ3n) is 5.43. The summed E-state index contributed by atoms with van der Waals surface area (Å²) in [6.07, 6.45) is 2.12. The van der Waals surface area contributed by atoms with Crippen molar-refractivity contribution in [2.75, 3.05) is 6.54 Å². The van der Waals surface area contributed by atoms with Gasteiger partial charge in [-0.25, -0.2) is 8.42 Å². The van der Waals surface area contributed by atoms with Crippen molar-refractivity contribution in [3.63, 3.8) is 0 Å². The zero-order chi connectivity index (χ0) is 21.1. The summed E-state index contributed by atoms with van der Waals surface area (Å²) in [6.45, 7) is 0.689. The van der Waals surface area contributed by atoms with Crippen LogP contribution in [0.1, 0.15) is 24.8 Å². The Bertz CT molecular complexity index is 1160. The summed E-state index contributed by atoms with van der Waals surface area (Å²) in [7, 11) is -3.90. The number of sulfonamides is 1. The third kappa shape index (κ3) is 4.36. The average Bonchev–Trinajstić information content (AvgIpc) is 2.96. The molecule has 1 atom stereocenters. The minimum atomic E-state index is -3.90. The predicted molar refractivity (Wildman–Crippen MR) is 119 cm³/mol. The molecule has 0 saturated carbocycles. The van der Waals surface area contributed by atoms with Crippen LogP contribution in [0.25, 0.3) is 10.8 Å². The highest BCUT2D eigenvalue weighted by molar-refractivity contribution is 7.89. The largest absolute Gasteiger partial charge is 0.355 e. The first-order chi connectivity index (χ1) is 14.4. The molecule has 1 heterocycles. The first-order valence-corrected chi connectivity index (χ1v) is 11.8. The van der Waals surface area contributed by atoms with E-state index in [9.17, 15) is 13.2 Å². The van der Waals surface area contributed by atoms with Crippen molar-refractivity contribution in [1.29, 1.82) is 0 Å². The summed E-state index contributed by atoms with van der Waals surface area (Å²) < 4.78 is 28.5. The van der Waals surface area contributed by atoms with Gasteiger partial charge in [0.2, 0.25) is 15.9 Å². The molecule has 1 N–H and O–H groups in total. The van der Waals surface area contributed by atoms with Crippen LogP contribution in [-0.4, -0.2) is 31.2 Å². The Morgan fingerprint density at radius 3 is 2.47 bits per heavy atom. The van der Waals surface area contributed by atoms with E-state index in [4.69, 9.17) is 11.6 Å². The third-order valence-corrected chi connectivity index (χ3v) is 7.55. The molecule has 1 amide bonds. The van der Waals surface area contributed by atoms with Gasteiger partial charge in [-0.05, 0) is 65.9 Å². The highest BCUT2D eigenvalue weighted by Crippen LogP contribution is 2.27. The first kappa shape index (κ1) is 20.8. The van der Waals surface area contributed by atoms with Gasteiger partial charge in [0.25, 0.3) is 0 Å². The van der Waals surface area contributed by atoms with E-state index in [0.717, 1.165) is 29.2 Å². The molecule has 5 nitrogen and oxygen atoms in total. The summed E-state index contributed by atoms with van der Waals surface area (Å²) in [5.41, 5.74) is 0.836. The number of amides is 1. The number of hydrogen-bond donors (Lipinski definition) is 1. The fraction of sp³-hybridized carbons (Fsp3) is 0.261. The van der Waals surface area contributed by atoms with Crippen LogP contribution in [-0.2, 0) is 21.4 Å². The average molecular weight is 443 g/mol. The number of carbonyl (C=O) groups is 1. The van der Waals surface area contributed by atoms with E-state index in [-0.39, 0.29) is 17.3 Å². The summed E-state index contributed by atoms with van der Waals surface area (Å²) in [4.78, 5) is 12.9. The minimum Gasteiger partial charge on any atom is -0.355 e. The number of halogens is 1. The number of hydrogen-bond acceptors (Lipinski definition) is 3. The van der Waals surface area contributed by atoms with Crippen molar-refractivity contribution in [1.82, 2.24) is 9.62 Å². The van der Waals surface area contributed by atoms with E-state index in [1.54, 1.807) is 12.1 Å². The van der Waals surface area contributed by atoms with Crippen molar-refractivity contribution in [2.45, 2.75) is 36.7 Å². The van der Waals surface area contributed by atoms with Gasteiger partial charge in [0.15, 0.2) is 0 Å². The maximum Gasteiger partial charge on any atom is 0.244 e. The zero-order valence-corrected chi connectivity index (χ0v) is 18.0. The smallest absolute Gasteiger partial charge is 0.244 e. The van der Waals surface area contributed by atoms with Crippen molar-refractivity contribution in [2.24, 2.45) is 0 Å². The summed E-state index contributed by atoms with van der Waals surface area (Å²) in [5, 5.41) is 5.43. The van der Waals surface area contributed by atoms with E-state index in [2.05, 4.69) is 5.32 Å². The molecule has 1 unspecified atom stereocenters. The predicted octanol–water partition coefficient (Wildman–Crippen LogP) is 4.35. The number of nitrogens with one attached hydrogen (secondary N) is 1. The lowest BCUT2D eigenvalue weighted by Gasteiger charge is -2.29. The first-order valence-electron chi connectivity index (χ1n) is 9.98. The number of rotatable bonds is 5. The van der Waals surface area contributed by atoms with E-state index in [1.807, 2.05) is 42.5 Å². The van der Waals surface area contributed by atoms with E-state index in [0.29, 0.717) is 18.0 Å². The fourth-order valence-corrected chi connectivity index (χ4v) is 5.55. The van der Waals surface area contributed by atoms with Gasteiger partial charge in [0, 0.05) is 18.1 Å². The van der Waals surface area contributed by atoms with Gasteiger partial charge in [-0.1, -0.05) is 48.0 Å². The van der Waals surface area contributed by atoms with Crippen LogP contribution >= 0.6 is 11.6 Å². The molecule has 1 aliphatic heterocycles. The second kappa shape index (κ2) is 8.76. The Morgan fingerprint density at radius 2 is 1.70 bits per heavy atom. The molecule has 7 heteroatoms.